The highest BCUT2D eigenvalue weighted by molar-refractivity contribution is 9.10. The van der Waals surface area contributed by atoms with E-state index in [9.17, 15) is 0 Å². The summed E-state index contributed by atoms with van der Waals surface area (Å²) in [5, 5.41) is 0. The quantitative estimate of drug-likeness (QED) is 0.753. The zero-order valence-corrected chi connectivity index (χ0v) is 10.6. The maximum absolute atomic E-state index is 3.50. The molecule has 0 aromatic heterocycles. The topological polar surface area (TPSA) is 3.24 Å². The van der Waals surface area contributed by atoms with Gasteiger partial charge in [0.25, 0.3) is 0 Å². The Morgan fingerprint density at radius 3 is 2.47 bits per heavy atom. The average Bonchev–Trinajstić information content (AvgIpc) is 2.75. The highest BCUT2D eigenvalue weighted by Gasteiger charge is 2.44. The van der Waals surface area contributed by atoms with Gasteiger partial charge in [0, 0.05) is 22.5 Å². The van der Waals surface area contributed by atoms with Crippen LogP contribution in [0.25, 0.3) is 0 Å². The normalized spacial score (nSPS) is 34.9. The largest absolute Gasteiger partial charge is 0.300 e. The summed E-state index contributed by atoms with van der Waals surface area (Å²) in [6.07, 6.45) is 4.17. The minimum atomic E-state index is 0.779. The molecule has 0 N–H and O–H groups in total. The van der Waals surface area contributed by atoms with Crippen LogP contribution in [0.4, 0.5) is 0 Å². The van der Waals surface area contributed by atoms with Gasteiger partial charge in [-0.25, -0.2) is 0 Å². The standard InChI is InChI=1S/C13H16BrN/c1-15-11-6-7-13(15)12(8-11)9-2-4-10(14)5-3-9/h2-5,11-13H,6-8H2,1H3/t11-,12+,13+/m0/s1. The first-order valence-electron chi connectivity index (χ1n) is 5.73. The fraction of sp³-hybridized carbons (Fsp3) is 0.538. The lowest BCUT2D eigenvalue weighted by Crippen LogP contribution is -2.25. The van der Waals surface area contributed by atoms with Gasteiger partial charge in [-0.2, -0.15) is 0 Å². The molecule has 0 spiro atoms. The average molecular weight is 266 g/mol. The van der Waals surface area contributed by atoms with Gasteiger partial charge in [-0.05, 0) is 44.0 Å². The van der Waals surface area contributed by atoms with Crippen LogP contribution in [0, 0.1) is 0 Å². The predicted molar refractivity (Wildman–Crippen MR) is 66.1 cm³/mol. The minimum absolute atomic E-state index is 0.779. The number of fused-ring (bicyclic) bond motifs is 2. The van der Waals surface area contributed by atoms with Gasteiger partial charge in [0.05, 0.1) is 0 Å². The Balaban J connectivity index is 1.87. The van der Waals surface area contributed by atoms with E-state index in [1.807, 2.05) is 0 Å². The number of nitrogens with zero attached hydrogens (tertiary/aromatic N) is 1. The van der Waals surface area contributed by atoms with Crippen molar-refractivity contribution in [3.63, 3.8) is 0 Å². The van der Waals surface area contributed by atoms with Crippen molar-refractivity contribution in [1.29, 1.82) is 0 Å². The Bertz CT molecular complexity index is 359. The first-order valence-corrected chi connectivity index (χ1v) is 6.52. The van der Waals surface area contributed by atoms with Crippen LogP contribution in [-0.4, -0.2) is 24.0 Å². The summed E-state index contributed by atoms with van der Waals surface area (Å²) in [4.78, 5) is 2.59. The highest BCUT2D eigenvalue weighted by Crippen LogP contribution is 2.45. The molecule has 2 heterocycles. The maximum atomic E-state index is 3.50. The molecular formula is C13H16BrN. The fourth-order valence-electron chi connectivity index (χ4n) is 3.33. The van der Waals surface area contributed by atoms with E-state index in [1.165, 1.54) is 29.3 Å². The first kappa shape index (κ1) is 9.86. The molecule has 1 nitrogen and oxygen atoms in total. The Hall–Kier alpha value is -0.340. The molecule has 2 aliphatic heterocycles. The zero-order chi connectivity index (χ0) is 10.4. The number of hydrogen-bond donors (Lipinski definition) is 0. The molecule has 3 rings (SSSR count). The van der Waals surface area contributed by atoms with Crippen molar-refractivity contribution < 1.29 is 0 Å². The Kier molecular flexibility index (Phi) is 2.37. The third-order valence-electron chi connectivity index (χ3n) is 4.18. The lowest BCUT2D eigenvalue weighted by molar-refractivity contribution is 0.307. The van der Waals surface area contributed by atoms with E-state index < -0.39 is 0 Å². The molecule has 0 unspecified atom stereocenters. The predicted octanol–water partition coefficient (Wildman–Crippen LogP) is 3.40. The molecule has 80 valence electrons. The number of benzene rings is 1. The summed E-state index contributed by atoms with van der Waals surface area (Å²) < 4.78 is 1.18. The molecule has 2 saturated heterocycles. The third kappa shape index (κ3) is 1.55. The van der Waals surface area contributed by atoms with Gasteiger partial charge in [-0.3, -0.25) is 4.90 Å². The molecule has 15 heavy (non-hydrogen) atoms. The molecule has 2 bridgehead atoms. The molecule has 0 amide bonds. The highest BCUT2D eigenvalue weighted by atomic mass is 79.9. The van der Waals surface area contributed by atoms with Crippen LogP contribution in [0.3, 0.4) is 0 Å². The van der Waals surface area contributed by atoms with Crippen LogP contribution < -0.4 is 0 Å². The van der Waals surface area contributed by atoms with E-state index in [0.29, 0.717) is 0 Å². The summed E-state index contributed by atoms with van der Waals surface area (Å²) in [6.45, 7) is 0. The van der Waals surface area contributed by atoms with E-state index >= 15 is 0 Å². The van der Waals surface area contributed by atoms with Crippen LogP contribution in [0.2, 0.25) is 0 Å². The van der Waals surface area contributed by atoms with Gasteiger partial charge in [0.1, 0.15) is 0 Å². The van der Waals surface area contributed by atoms with Gasteiger partial charge < -0.3 is 0 Å². The van der Waals surface area contributed by atoms with Crippen molar-refractivity contribution in [2.24, 2.45) is 0 Å². The van der Waals surface area contributed by atoms with Gasteiger partial charge in [-0.1, -0.05) is 28.1 Å². The second-order valence-electron chi connectivity index (χ2n) is 4.86. The van der Waals surface area contributed by atoms with Crippen molar-refractivity contribution in [2.45, 2.75) is 37.3 Å². The summed E-state index contributed by atoms with van der Waals surface area (Å²) in [5.41, 5.74) is 1.53. The molecule has 1 aromatic carbocycles. The third-order valence-corrected chi connectivity index (χ3v) is 4.71. The van der Waals surface area contributed by atoms with E-state index in [4.69, 9.17) is 0 Å². The molecule has 1 aromatic rings. The zero-order valence-electron chi connectivity index (χ0n) is 8.99. The molecule has 2 heteroatoms. The summed E-state index contributed by atoms with van der Waals surface area (Å²) in [5.74, 6) is 0.779. The van der Waals surface area contributed by atoms with E-state index in [2.05, 4.69) is 52.1 Å². The van der Waals surface area contributed by atoms with Crippen LogP contribution >= 0.6 is 15.9 Å². The van der Waals surface area contributed by atoms with Crippen molar-refractivity contribution in [3.05, 3.63) is 34.3 Å². The SMILES string of the molecule is CN1[C@H]2CC[C@@H]1[C@@H](c1ccc(Br)cc1)C2. The Morgan fingerprint density at radius 1 is 1.20 bits per heavy atom. The van der Waals surface area contributed by atoms with Gasteiger partial charge in [-0.15, -0.1) is 0 Å². The van der Waals surface area contributed by atoms with E-state index in [-0.39, 0.29) is 0 Å². The maximum Gasteiger partial charge on any atom is 0.0175 e. The monoisotopic (exact) mass is 265 g/mol. The minimum Gasteiger partial charge on any atom is -0.300 e. The van der Waals surface area contributed by atoms with Crippen LogP contribution in [-0.2, 0) is 0 Å². The number of rotatable bonds is 1. The van der Waals surface area contributed by atoms with E-state index in [1.54, 1.807) is 0 Å². The van der Waals surface area contributed by atoms with Crippen LogP contribution in [0.1, 0.15) is 30.7 Å². The van der Waals surface area contributed by atoms with Gasteiger partial charge >= 0.3 is 0 Å². The Morgan fingerprint density at radius 2 is 1.93 bits per heavy atom. The molecular weight excluding hydrogens is 250 g/mol. The number of halogens is 1. The van der Waals surface area contributed by atoms with Gasteiger partial charge in [0.15, 0.2) is 0 Å². The second-order valence-corrected chi connectivity index (χ2v) is 5.77. The van der Waals surface area contributed by atoms with Crippen molar-refractivity contribution in [2.75, 3.05) is 7.05 Å². The molecule has 2 aliphatic rings. The summed E-state index contributed by atoms with van der Waals surface area (Å²) in [7, 11) is 2.29. The van der Waals surface area contributed by atoms with Crippen molar-refractivity contribution in [3.8, 4) is 0 Å². The summed E-state index contributed by atoms with van der Waals surface area (Å²) >= 11 is 3.50. The smallest absolute Gasteiger partial charge is 0.0175 e. The molecule has 0 saturated carbocycles. The molecule has 3 atom stereocenters. The van der Waals surface area contributed by atoms with Crippen molar-refractivity contribution >= 4 is 15.9 Å². The Labute approximate surface area is 99.6 Å². The summed E-state index contributed by atoms with van der Waals surface area (Å²) in [6, 6.07) is 10.6. The lowest BCUT2D eigenvalue weighted by Gasteiger charge is -2.21. The van der Waals surface area contributed by atoms with Gasteiger partial charge in [0.2, 0.25) is 0 Å². The van der Waals surface area contributed by atoms with Crippen LogP contribution in [0.15, 0.2) is 28.7 Å². The van der Waals surface area contributed by atoms with E-state index in [0.717, 1.165) is 18.0 Å². The molecule has 0 radical (unpaired) electrons. The van der Waals surface area contributed by atoms with Crippen molar-refractivity contribution in [1.82, 2.24) is 4.90 Å². The van der Waals surface area contributed by atoms with Crippen LogP contribution in [0.5, 0.6) is 0 Å². The molecule has 0 aliphatic carbocycles. The first-order chi connectivity index (χ1) is 7.25. The number of hydrogen-bond acceptors (Lipinski definition) is 1. The number of likely N-dealkylation sites (N-methyl/N-ethyl adjacent to an activating group) is 1. The fourth-order valence-corrected chi connectivity index (χ4v) is 3.59. The molecule has 2 fully saturated rings. The second kappa shape index (κ2) is 3.60. The lowest BCUT2D eigenvalue weighted by atomic mass is 9.84.